The SMILES string of the molecule is CCN(c1ccc(OCC(=O)Nc2ccc(Br)cc2)cc1)S(C)(=O)=O. The number of benzene rings is 2. The summed E-state index contributed by atoms with van der Waals surface area (Å²) in [5.74, 6) is 0.206. The number of nitrogens with zero attached hydrogens (tertiary/aromatic N) is 1. The van der Waals surface area contributed by atoms with Gasteiger partial charge in [0.25, 0.3) is 5.91 Å². The smallest absolute Gasteiger partial charge is 0.262 e. The summed E-state index contributed by atoms with van der Waals surface area (Å²) in [4.78, 5) is 11.9. The van der Waals surface area contributed by atoms with Crippen molar-refractivity contribution < 1.29 is 17.9 Å². The van der Waals surface area contributed by atoms with Gasteiger partial charge < -0.3 is 10.1 Å². The first-order chi connectivity index (χ1) is 11.8. The summed E-state index contributed by atoms with van der Waals surface area (Å²) in [6.07, 6.45) is 1.16. The van der Waals surface area contributed by atoms with Crippen LogP contribution in [0, 0.1) is 0 Å². The predicted molar refractivity (Wildman–Crippen MR) is 103 cm³/mol. The van der Waals surface area contributed by atoms with E-state index in [2.05, 4.69) is 21.2 Å². The van der Waals surface area contributed by atoms with E-state index in [0.29, 0.717) is 23.7 Å². The standard InChI is InChI=1S/C17H19BrN2O4S/c1-3-20(25(2,22)23)15-8-10-16(11-9-15)24-12-17(21)19-14-6-4-13(18)5-7-14/h4-11H,3,12H2,1-2H3,(H,19,21). The van der Waals surface area contributed by atoms with Crippen LogP contribution in [0.15, 0.2) is 53.0 Å². The highest BCUT2D eigenvalue weighted by Gasteiger charge is 2.15. The van der Waals surface area contributed by atoms with Gasteiger partial charge in [-0.2, -0.15) is 0 Å². The number of carbonyl (C=O) groups is 1. The lowest BCUT2D eigenvalue weighted by molar-refractivity contribution is -0.118. The van der Waals surface area contributed by atoms with Crippen molar-refractivity contribution in [1.29, 1.82) is 0 Å². The monoisotopic (exact) mass is 426 g/mol. The summed E-state index contributed by atoms with van der Waals surface area (Å²) in [6.45, 7) is 1.96. The van der Waals surface area contributed by atoms with Crippen molar-refractivity contribution in [2.24, 2.45) is 0 Å². The number of sulfonamides is 1. The Balaban J connectivity index is 1.93. The van der Waals surface area contributed by atoms with Crippen LogP contribution in [0.3, 0.4) is 0 Å². The van der Waals surface area contributed by atoms with Gasteiger partial charge in [-0.05, 0) is 55.5 Å². The number of anilines is 2. The minimum atomic E-state index is -3.32. The Kier molecular flexibility index (Phi) is 6.44. The summed E-state index contributed by atoms with van der Waals surface area (Å²) in [5.41, 5.74) is 1.23. The van der Waals surface area contributed by atoms with Gasteiger partial charge in [0.2, 0.25) is 10.0 Å². The Hall–Kier alpha value is -2.06. The molecule has 1 N–H and O–H groups in total. The lowest BCUT2D eigenvalue weighted by Crippen LogP contribution is -2.29. The van der Waals surface area contributed by atoms with E-state index in [1.807, 2.05) is 12.1 Å². The van der Waals surface area contributed by atoms with E-state index in [-0.39, 0.29) is 12.5 Å². The molecule has 8 heteroatoms. The van der Waals surface area contributed by atoms with E-state index in [1.54, 1.807) is 43.3 Å². The molecule has 25 heavy (non-hydrogen) atoms. The molecule has 2 aromatic rings. The molecule has 0 fully saturated rings. The molecule has 0 unspecified atom stereocenters. The zero-order valence-corrected chi connectivity index (χ0v) is 16.3. The molecule has 0 aliphatic heterocycles. The van der Waals surface area contributed by atoms with Gasteiger partial charge in [-0.1, -0.05) is 15.9 Å². The molecular formula is C17H19BrN2O4S. The molecular weight excluding hydrogens is 408 g/mol. The molecule has 0 aliphatic carbocycles. The lowest BCUT2D eigenvalue weighted by atomic mass is 10.3. The van der Waals surface area contributed by atoms with Crippen molar-refractivity contribution in [2.75, 3.05) is 29.0 Å². The minimum Gasteiger partial charge on any atom is -0.484 e. The number of hydrogen-bond acceptors (Lipinski definition) is 4. The van der Waals surface area contributed by atoms with E-state index >= 15 is 0 Å². The third-order valence-electron chi connectivity index (χ3n) is 3.31. The number of nitrogens with one attached hydrogen (secondary N) is 1. The summed E-state index contributed by atoms with van der Waals surface area (Å²) >= 11 is 3.33. The van der Waals surface area contributed by atoms with Crippen molar-refractivity contribution in [2.45, 2.75) is 6.92 Å². The molecule has 0 aromatic heterocycles. The molecule has 0 spiro atoms. The number of ether oxygens (including phenoxy) is 1. The third kappa shape index (κ3) is 5.75. The highest BCUT2D eigenvalue weighted by Crippen LogP contribution is 2.21. The van der Waals surface area contributed by atoms with Crippen molar-refractivity contribution in [3.05, 3.63) is 53.0 Å². The van der Waals surface area contributed by atoms with Crippen molar-refractivity contribution >= 4 is 43.2 Å². The van der Waals surface area contributed by atoms with E-state index in [0.717, 1.165) is 10.7 Å². The first kappa shape index (κ1) is 19.3. The van der Waals surface area contributed by atoms with Gasteiger partial charge in [0.15, 0.2) is 6.61 Å². The molecule has 0 bridgehead atoms. The van der Waals surface area contributed by atoms with Gasteiger partial charge in [-0.25, -0.2) is 8.42 Å². The maximum Gasteiger partial charge on any atom is 0.262 e. The largest absolute Gasteiger partial charge is 0.484 e. The summed E-state index contributed by atoms with van der Waals surface area (Å²) in [7, 11) is -3.32. The number of halogens is 1. The second kappa shape index (κ2) is 8.35. The Bertz CT molecular complexity index is 821. The maximum atomic E-state index is 11.9. The maximum absolute atomic E-state index is 11.9. The van der Waals surface area contributed by atoms with E-state index in [4.69, 9.17) is 4.74 Å². The first-order valence-electron chi connectivity index (χ1n) is 7.55. The summed E-state index contributed by atoms with van der Waals surface area (Å²) in [6, 6.07) is 13.8. The Morgan fingerprint density at radius 2 is 1.72 bits per heavy atom. The number of rotatable bonds is 7. The molecule has 134 valence electrons. The molecule has 1 amide bonds. The highest BCUT2D eigenvalue weighted by molar-refractivity contribution is 9.10. The van der Waals surface area contributed by atoms with Crippen LogP contribution in [0.5, 0.6) is 5.75 Å². The molecule has 0 saturated heterocycles. The number of carbonyl (C=O) groups excluding carboxylic acids is 1. The quantitative estimate of drug-likeness (QED) is 0.736. The average molecular weight is 427 g/mol. The third-order valence-corrected chi connectivity index (χ3v) is 5.11. The Morgan fingerprint density at radius 1 is 1.12 bits per heavy atom. The van der Waals surface area contributed by atoms with Crippen molar-refractivity contribution in [3.63, 3.8) is 0 Å². The molecule has 0 aliphatic rings. The van der Waals surface area contributed by atoms with Crippen LogP contribution in [-0.2, 0) is 14.8 Å². The van der Waals surface area contributed by atoms with Crippen LogP contribution < -0.4 is 14.4 Å². The fourth-order valence-corrected chi connectivity index (χ4v) is 3.43. The normalized spacial score (nSPS) is 11.0. The van der Waals surface area contributed by atoms with Crippen LogP contribution in [0.4, 0.5) is 11.4 Å². The molecule has 0 saturated carbocycles. The predicted octanol–water partition coefficient (Wildman–Crippen LogP) is 3.25. The molecule has 2 rings (SSSR count). The Labute approximate surface area is 156 Å². The average Bonchev–Trinajstić information content (AvgIpc) is 2.56. The zero-order valence-electron chi connectivity index (χ0n) is 13.9. The molecule has 0 radical (unpaired) electrons. The van der Waals surface area contributed by atoms with Crippen LogP contribution >= 0.6 is 15.9 Å². The first-order valence-corrected chi connectivity index (χ1v) is 10.2. The molecule has 2 aromatic carbocycles. The van der Waals surface area contributed by atoms with Gasteiger partial charge in [0, 0.05) is 16.7 Å². The number of amides is 1. The van der Waals surface area contributed by atoms with Crippen LogP contribution in [0.25, 0.3) is 0 Å². The van der Waals surface area contributed by atoms with E-state index in [9.17, 15) is 13.2 Å². The van der Waals surface area contributed by atoms with Gasteiger partial charge in [-0.3, -0.25) is 9.10 Å². The fraction of sp³-hybridized carbons (Fsp3) is 0.235. The van der Waals surface area contributed by atoms with Crippen LogP contribution in [0.1, 0.15) is 6.92 Å². The topological polar surface area (TPSA) is 75.7 Å². The second-order valence-electron chi connectivity index (χ2n) is 5.27. The van der Waals surface area contributed by atoms with Gasteiger partial charge in [-0.15, -0.1) is 0 Å². The van der Waals surface area contributed by atoms with Crippen molar-refractivity contribution in [1.82, 2.24) is 0 Å². The molecule has 0 atom stereocenters. The zero-order chi connectivity index (χ0) is 18.4. The summed E-state index contributed by atoms with van der Waals surface area (Å²) < 4.78 is 31.0. The van der Waals surface area contributed by atoms with Gasteiger partial charge in [0.05, 0.1) is 11.9 Å². The minimum absolute atomic E-state index is 0.140. The van der Waals surface area contributed by atoms with Gasteiger partial charge >= 0.3 is 0 Å². The van der Waals surface area contributed by atoms with Crippen LogP contribution in [0.2, 0.25) is 0 Å². The molecule has 0 heterocycles. The van der Waals surface area contributed by atoms with Gasteiger partial charge in [0.1, 0.15) is 5.75 Å². The highest BCUT2D eigenvalue weighted by atomic mass is 79.9. The second-order valence-corrected chi connectivity index (χ2v) is 8.09. The lowest BCUT2D eigenvalue weighted by Gasteiger charge is -2.20. The number of hydrogen-bond donors (Lipinski definition) is 1. The van der Waals surface area contributed by atoms with E-state index in [1.165, 1.54) is 4.31 Å². The van der Waals surface area contributed by atoms with E-state index < -0.39 is 10.0 Å². The Morgan fingerprint density at radius 3 is 2.24 bits per heavy atom. The fourth-order valence-electron chi connectivity index (χ4n) is 2.20. The van der Waals surface area contributed by atoms with Crippen LogP contribution in [-0.4, -0.2) is 33.7 Å². The summed E-state index contributed by atoms with van der Waals surface area (Å²) in [5, 5.41) is 2.73. The molecule has 6 nitrogen and oxygen atoms in total. The van der Waals surface area contributed by atoms with Crippen molar-refractivity contribution in [3.8, 4) is 5.75 Å².